The van der Waals surface area contributed by atoms with Crippen LogP contribution in [0.4, 0.5) is 5.69 Å². The normalized spacial score (nSPS) is 16.6. The fraction of sp³-hybridized carbons (Fsp3) is 0.182. The average molecular weight is 524 g/mol. The molecule has 2 atom stereocenters. The summed E-state index contributed by atoms with van der Waals surface area (Å²) < 4.78 is 28.1. The number of para-hydroxylation sites is 1. The van der Waals surface area contributed by atoms with E-state index in [-0.39, 0.29) is 16.5 Å². The number of thiophene rings is 1. The summed E-state index contributed by atoms with van der Waals surface area (Å²) in [6.07, 6.45) is -0.587. The van der Waals surface area contributed by atoms with Crippen molar-refractivity contribution >= 4 is 61.9 Å². The van der Waals surface area contributed by atoms with Crippen LogP contribution in [0.2, 0.25) is 10.0 Å². The van der Waals surface area contributed by atoms with E-state index in [0.29, 0.717) is 32.6 Å². The Kier molecular flexibility index (Phi) is 6.94. The Hall–Kier alpha value is -2.59. The third kappa shape index (κ3) is 5.33. The summed E-state index contributed by atoms with van der Waals surface area (Å²) in [6.45, 7) is 1.77. The van der Waals surface area contributed by atoms with Gasteiger partial charge in [-0.25, -0.2) is 8.42 Å². The number of carbonyl (C=O) groups excluding carboxylic acids is 1. The van der Waals surface area contributed by atoms with Crippen LogP contribution in [-0.2, 0) is 19.7 Å². The Balaban J connectivity index is 1.44. The molecular formula is C22H19Cl2N3O4S2. The maximum Gasteiger partial charge on any atom is 0.271 e. The molecule has 7 nitrogen and oxygen atoms in total. The highest BCUT2D eigenvalue weighted by Crippen LogP contribution is 2.29. The molecule has 2 heterocycles. The predicted octanol–water partition coefficient (Wildman–Crippen LogP) is 5.23. The van der Waals surface area contributed by atoms with Crippen molar-refractivity contribution in [2.75, 3.05) is 4.72 Å². The molecule has 33 heavy (non-hydrogen) atoms. The summed E-state index contributed by atoms with van der Waals surface area (Å²) in [7, 11) is -3.72. The number of amides is 1. The van der Waals surface area contributed by atoms with Crippen molar-refractivity contribution < 1.29 is 18.0 Å². The molecule has 172 valence electrons. The van der Waals surface area contributed by atoms with E-state index in [1.165, 1.54) is 6.07 Å². The number of rotatable bonds is 7. The largest absolute Gasteiger partial charge is 0.382 e. The van der Waals surface area contributed by atoms with Crippen molar-refractivity contribution in [2.45, 2.75) is 29.7 Å². The zero-order valence-corrected chi connectivity index (χ0v) is 20.4. The highest BCUT2D eigenvalue weighted by molar-refractivity contribution is 7.94. The van der Waals surface area contributed by atoms with Crippen molar-refractivity contribution in [2.24, 2.45) is 5.16 Å². The van der Waals surface area contributed by atoms with E-state index in [4.69, 9.17) is 28.0 Å². The highest BCUT2D eigenvalue weighted by Gasteiger charge is 2.31. The number of hydrogen-bond donors (Lipinski definition) is 2. The second-order valence-corrected chi connectivity index (χ2v) is 11.0. The van der Waals surface area contributed by atoms with Crippen molar-refractivity contribution in [3.8, 4) is 0 Å². The molecule has 2 unspecified atom stereocenters. The molecule has 2 N–H and O–H groups in total. The number of halogens is 2. The lowest BCUT2D eigenvalue weighted by Gasteiger charge is -2.20. The van der Waals surface area contributed by atoms with Crippen LogP contribution < -0.4 is 10.0 Å². The van der Waals surface area contributed by atoms with E-state index in [1.54, 1.807) is 60.8 Å². The van der Waals surface area contributed by atoms with Crippen LogP contribution in [0.25, 0.3) is 0 Å². The molecule has 1 amide bonds. The molecule has 0 bridgehead atoms. The lowest BCUT2D eigenvalue weighted by Crippen LogP contribution is -2.36. The lowest BCUT2D eigenvalue weighted by atomic mass is 10.0. The molecule has 1 aliphatic heterocycles. The Labute approximate surface area is 205 Å². The smallest absolute Gasteiger partial charge is 0.271 e. The van der Waals surface area contributed by atoms with Gasteiger partial charge < -0.3 is 10.2 Å². The summed E-state index contributed by atoms with van der Waals surface area (Å²) in [5.41, 5.74) is 2.20. The number of oxime groups is 1. The van der Waals surface area contributed by atoms with Gasteiger partial charge in [0.25, 0.3) is 15.9 Å². The average Bonchev–Trinajstić information content (AvgIpc) is 3.47. The van der Waals surface area contributed by atoms with Gasteiger partial charge in [-0.1, -0.05) is 58.7 Å². The molecule has 0 aliphatic carbocycles. The van der Waals surface area contributed by atoms with Crippen molar-refractivity contribution in [3.05, 3.63) is 81.1 Å². The van der Waals surface area contributed by atoms with Crippen molar-refractivity contribution in [1.82, 2.24) is 5.32 Å². The molecule has 0 fully saturated rings. The molecule has 4 rings (SSSR count). The van der Waals surface area contributed by atoms with Gasteiger partial charge in [0.05, 0.1) is 22.5 Å². The van der Waals surface area contributed by atoms with Gasteiger partial charge in [-0.05, 0) is 42.1 Å². The second-order valence-electron chi connectivity index (χ2n) is 7.32. The van der Waals surface area contributed by atoms with Gasteiger partial charge in [0.2, 0.25) is 6.10 Å². The van der Waals surface area contributed by atoms with E-state index in [9.17, 15) is 13.2 Å². The summed E-state index contributed by atoms with van der Waals surface area (Å²) in [6, 6.07) is 14.6. The maximum atomic E-state index is 12.8. The standard InChI is InChI=1S/C22H19Cl2N3O4S2/c1-13(15-5-2-3-6-18(15)27-33(29,30)21-7-4-10-32-21)25-22(28)20-12-19(26-31-20)16-9-8-14(23)11-17(16)24/h2-11,13,20,27H,12H2,1H3,(H,25,28). The minimum absolute atomic E-state index is 0.207. The summed E-state index contributed by atoms with van der Waals surface area (Å²) >= 11 is 13.3. The first-order chi connectivity index (χ1) is 15.7. The number of hydrogen-bond acceptors (Lipinski definition) is 6. The van der Waals surface area contributed by atoms with Crippen LogP contribution in [0.3, 0.4) is 0 Å². The molecule has 1 aliphatic rings. The number of benzene rings is 2. The molecule has 2 aromatic carbocycles. The van der Waals surface area contributed by atoms with E-state index < -0.39 is 22.2 Å². The first-order valence-electron chi connectivity index (χ1n) is 9.88. The monoisotopic (exact) mass is 523 g/mol. The molecule has 3 aromatic rings. The first-order valence-corrected chi connectivity index (χ1v) is 13.0. The molecule has 1 aromatic heterocycles. The third-order valence-corrected chi connectivity index (χ3v) is 8.30. The molecule has 0 radical (unpaired) electrons. The fourth-order valence-electron chi connectivity index (χ4n) is 3.36. The number of sulfonamides is 1. The molecule has 0 saturated carbocycles. The van der Waals surface area contributed by atoms with Crippen LogP contribution >= 0.6 is 34.5 Å². The number of carbonyl (C=O) groups is 1. The van der Waals surface area contributed by atoms with Gasteiger partial charge in [0.15, 0.2) is 0 Å². The SMILES string of the molecule is CC(NC(=O)C1CC(c2ccc(Cl)cc2Cl)=NO1)c1ccccc1NS(=O)(=O)c1cccs1. The van der Waals surface area contributed by atoms with E-state index in [2.05, 4.69) is 15.2 Å². The van der Waals surface area contributed by atoms with Gasteiger partial charge in [0, 0.05) is 17.0 Å². The van der Waals surface area contributed by atoms with Crippen LogP contribution in [0.5, 0.6) is 0 Å². The number of nitrogens with one attached hydrogen (secondary N) is 2. The van der Waals surface area contributed by atoms with Crippen LogP contribution in [-0.4, -0.2) is 26.1 Å². The molecule has 0 spiro atoms. The van der Waals surface area contributed by atoms with E-state index >= 15 is 0 Å². The van der Waals surface area contributed by atoms with Crippen LogP contribution in [0.15, 0.2) is 69.3 Å². The minimum atomic E-state index is -3.72. The predicted molar refractivity (Wildman–Crippen MR) is 131 cm³/mol. The molecule has 11 heteroatoms. The minimum Gasteiger partial charge on any atom is -0.382 e. The van der Waals surface area contributed by atoms with E-state index in [1.807, 2.05) is 0 Å². The first kappa shape index (κ1) is 23.6. The number of anilines is 1. The Bertz CT molecular complexity index is 1310. The highest BCUT2D eigenvalue weighted by atomic mass is 35.5. The fourth-order valence-corrected chi connectivity index (χ4v) is 5.96. The quantitative estimate of drug-likeness (QED) is 0.443. The van der Waals surface area contributed by atoms with Crippen LogP contribution in [0, 0.1) is 0 Å². The van der Waals surface area contributed by atoms with Crippen molar-refractivity contribution in [3.63, 3.8) is 0 Å². The Morgan fingerprint density at radius 2 is 1.97 bits per heavy atom. The Morgan fingerprint density at radius 1 is 1.18 bits per heavy atom. The summed E-state index contributed by atoms with van der Waals surface area (Å²) in [5, 5.41) is 9.50. The zero-order chi connectivity index (χ0) is 23.6. The third-order valence-electron chi connectivity index (χ3n) is 4.99. The van der Waals surface area contributed by atoms with Crippen molar-refractivity contribution in [1.29, 1.82) is 0 Å². The van der Waals surface area contributed by atoms with Gasteiger partial charge in [-0.15, -0.1) is 11.3 Å². The zero-order valence-electron chi connectivity index (χ0n) is 17.3. The maximum absolute atomic E-state index is 12.8. The van der Waals surface area contributed by atoms with Crippen LogP contribution in [0.1, 0.15) is 30.5 Å². The second kappa shape index (κ2) is 9.72. The summed E-state index contributed by atoms with van der Waals surface area (Å²) in [4.78, 5) is 18.2. The molecular weight excluding hydrogens is 505 g/mol. The van der Waals surface area contributed by atoms with Gasteiger partial charge in [0.1, 0.15) is 4.21 Å². The topological polar surface area (TPSA) is 96.9 Å². The van der Waals surface area contributed by atoms with Gasteiger partial charge in [-0.2, -0.15) is 0 Å². The van der Waals surface area contributed by atoms with Gasteiger partial charge in [-0.3, -0.25) is 9.52 Å². The van der Waals surface area contributed by atoms with Gasteiger partial charge >= 0.3 is 0 Å². The molecule has 0 saturated heterocycles. The Morgan fingerprint density at radius 3 is 2.70 bits per heavy atom. The lowest BCUT2D eigenvalue weighted by molar-refractivity contribution is -0.131. The number of nitrogens with zero attached hydrogens (tertiary/aromatic N) is 1. The van der Waals surface area contributed by atoms with E-state index in [0.717, 1.165) is 11.3 Å². The summed E-state index contributed by atoms with van der Waals surface area (Å²) in [5.74, 6) is -0.373.